The quantitative estimate of drug-likeness (QED) is 0.889. The van der Waals surface area contributed by atoms with Gasteiger partial charge in [-0.2, -0.15) is 0 Å². The van der Waals surface area contributed by atoms with Crippen LogP contribution in [0.3, 0.4) is 0 Å². The molecule has 1 unspecified atom stereocenters. The van der Waals surface area contributed by atoms with E-state index in [1.807, 2.05) is 0 Å². The fourth-order valence-electron chi connectivity index (χ4n) is 1.86. The third-order valence-corrected chi connectivity index (χ3v) is 3.41. The zero-order valence-electron chi connectivity index (χ0n) is 10.6. The van der Waals surface area contributed by atoms with Crippen LogP contribution in [-0.2, 0) is 9.59 Å². The van der Waals surface area contributed by atoms with E-state index in [0.29, 0.717) is 35.2 Å². The lowest BCUT2D eigenvalue weighted by Crippen LogP contribution is -2.48. The van der Waals surface area contributed by atoms with Gasteiger partial charge < -0.3 is 15.4 Å². The molecule has 0 radical (unpaired) electrons. The predicted molar refractivity (Wildman–Crippen MR) is 76.1 cm³/mol. The minimum atomic E-state index is -0.253. The highest BCUT2D eigenvalue weighted by Gasteiger charge is 2.19. The van der Waals surface area contributed by atoms with Crippen LogP contribution in [0, 0.1) is 0 Å². The molecule has 1 aliphatic heterocycles. The van der Waals surface area contributed by atoms with Crippen LogP contribution in [-0.4, -0.2) is 31.0 Å². The second-order valence-electron chi connectivity index (χ2n) is 4.47. The molecule has 1 fully saturated rings. The summed E-state index contributed by atoms with van der Waals surface area (Å²) in [6, 6.07) is 4.74. The molecule has 2 N–H and O–H groups in total. The van der Waals surface area contributed by atoms with Crippen LogP contribution >= 0.6 is 23.2 Å². The van der Waals surface area contributed by atoms with E-state index in [4.69, 9.17) is 27.9 Å². The number of hydrogen-bond acceptors (Lipinski definition) is 3. The van der Waals surface area contributed by atoms with Gasteiger partial charge in [-0.15, -0.1) is 0 Å². The first-order chi connectivity index (χ1) is 9.54. The van der Waals surface area contributed by atoms with Gasteiger partial charge in [0.2, 0.25) is 5.91 Å². The number of hydrogen-bond donors (Lipinski definition) is 2. The van der Waals surface area contributed by atoms with Crippen molar-refractivity contribution in [3.8, 4) is 5.75 Å². The fourth-order valence-corrected chi connectivity index (χ4v) is 2.32. The van der Waals surface area contributed by atoms with Crippen molar-refractivity contribution in [1.29, 1.82) is 0 Å². The third-order valence-electron chi connectivity index (χ3n) is 2.88. The molecule has 1 saturated heterocycles. The van der Waals surface area contributed by atoms with E-state index < -0.39 is 0 Å². The average molecular weight is 317 g/mol. The molecule has 0 spiro atoms. The van der Waals surface area contributed by atoms with E-state index in [1.165, 1.54) is 0 Å². The van der Waals surface area contributed by atoms with E-state index in [1.54, 1.807) is 18.2 Å². The summed E-state index contributed by atoms with van der Waals surface area (Å²) in [5.41, 5.74) is 0. The first-order valence-electron chi connectivity index (χ1n) is 6.18. The lowest BCUT2D eigenvalue weighted by atomic mass is 10.1. The number of nitrogens with one attached hydrogen (secondary N) is 2. The molecule has 0 saturated carbocycles. The van der Waals surface area contributed by atoms with Crippen LogP contribution in [0.2, 0.25) is 10.0 Å². The van der Waals surface area contributed by atoms with Gasteiger partial charge >= 0.3 is 0 Å². The number of carbonyl (C=O) groups is 2. The molecule has 0 aromatic heterocycles. The Hall–Kier alpha value is -1.46. The Morgan fingerprint density at radius 2 is 2.25 bits per heavy atom. The number of halogens is 2. The second kappa shape index (κ2) is 6.81. The molecule has 1 aromatic carbocycles. The van der Waals surface area contributed by atoms with E-state index in [9.17, 15) is 9.59 Å². The van der Waals surface area contributed by atoms with Crippen molar-refractivity contribution in [2.75, 3.05) is 13.2 Å². The van der Waals surface area contributed by atoms with Gasteiger partial charge in [0, 0.05) is 24.0 Å². The van der Waals surface area contributed by atoms with Crippen molar-refractivity contribution in [2.24, 2.45) is 0 Å². The summed E-state index contributed by atoms with van der Waals surface area (Å²) >= 11 is 11.7. The Labute approximate surface area is 126 Å². The molecule has 2 rings (SSSR count). The molecule has 1 aromatic rings. The number of rotatable bonds is 4. The van der Waals surface area contributed by atoms with E-state index >= 15 is 0 Å². The van der Waals surface area contributed by atoms with Crippen LogP contribution < -0.4 is 15.4 Å². The molecule has 0 aliphatic carbocycles. The van der Waals surface area contributed by atoms with Crippen molar-refractivity contribution >= 4 is 35.0 Å². The van der Waals surface area contributed by atoms with E-state index in [-0.39, 0.29) is 24.5 Å². The molecule has 5 nitrogen and oxygen atoms in total. The first kappa shape index (κ1) is 14.9. The normalized spacial score (nSPS) is 18.3. The van der Waals surface area contributed by atoms with Crippen LogP contribution in [0.15, 0.2) is 18.2 Å². The number of benzene rings is 1. The van der Waals surface area contributed by atoms with Crippen molar-refractivity contribution in [3.05, 3.63) is 28.2 Å². The van der Waals surface area contributed by atoms with E-state index in [0.717, 1.165) is 0 Å². The monoisotopic (exact) mass is 316 g/mol. The van der Waals surface area contributed by atoms with Gasteiger partial charge in [0.05, 0.1) is 5.02 Å². The number of carbonyl (C=O) groups excluding carboxylic acids is 2. The zero-order chi connectivity index (χ0) is 14.5. The molecule has 0 bridgehead atoms. The maximum Gasteiger partial charge on any atom is 0.258 e. The number of piperidine rings is 1. The molecule has 1 atom stereocenters. The van der Waals surface area contributed by atoms with Crippen molar-refractivity contribution < 1.29 is 14.3 Å². The summed E-state index contributed by atoms with van der Waals surface area (Å²) < 4.78 is 5.33. The molecule has 108 valence electrons. The summed E-state index contributed by atoms with van der Waals surface area (Å²) in [5.74, 6) is 0.167. The molecule has 7 heteroatoms. The van der Waals surface area contributed by atoms with Crippen LogP contribution in [0.4, 0.5) is 0 Å². The van der Waals surface area contributed by atoms with Gasteiger partial charge in [-0.05, 0) is 24.6 Å². The smallest absolute Gasteiger partial charge is 0.258 e. The molecule has 1 heterocycles. The summed E-state index contributed by atoms with van der Waals surface area (Å²) in [7, 11) is 0. The molecular formula is C13H14Cl2N2O3. The molecule has 20 heavy (non-hydrogen) atoms. The van der Waals surface area contributed by atoms with Gasteiger partial charge in [-0.3, -0.25) is 9.59 Å². The summed E-state index contributed by atoms with van der Waals surface area (Å²) in [6.07, 6.45) is 1.06. The van der Waals surface area contributed by atoms with E-state index in [2.05, 4.69) is 10.6 Å². The highest BCUT2D eigenvalue weighted by molar-refractivity contribution is 6.35. The number of amides is 2. The maximum absolute atomic E-state index is 11.7. The lowest BCUT2D eigenvalue weighted by Gasteiger charge is -2.23. The van der Waals surface area contributed by atoms with Crippen molar-refractivity contribution in [1.82, 2.24) is 10.6 Å². The highest BCUT2D eigenvalue weighted by Crippen LogP contribution is 2.27. The van der Waals surface area contributed by atoms with Crippen molar-refractivity contribution in [2.45, 2.75) is 18.9 Å². The van der Waals surface area contributed by atoms with Crippen LogP contribution in [0.5, 0.6) is 5.75 Å². The molecule has 2 amide bonds. The SMILES string of the molecule is O=C1CCC(NC(=O)COc2ccc(Cl)cc2Cl)CN1. The third kappa shape index (κ3) is 4.28. The average Bonchev–Trinajstić information content (AvgIpc) is 2.40. The summed E-state index contributed by atoms with van der Waals surface area (Å²) in [4.78, 5) is 22.7. The van der Waals surface area contributed by atoms with Gasteiger partial charge in [0.15, 0.2) is 6.61 Å². The summed E-state index contributed by atoms with van der Waals surface area (Å²) in [6.45, 7) is 0.318. The van der Waals surface area contributed by atoms with Crippen molar-refractivity contribution in [3.63, 3.8) is 0 Å². The Morgan fingerprint density at radius 3 is 2.90 bits per heavy atom. The Balaban J connectivity index is 1.78. The Morgan fingerprint density at radius 1 is 1.45 bits per heavy atom. The minimum absolute atomic E-state index is 0.0136. The largest absolute Gasteiger partial charge is 0.482 e. The van der Waals surface area contributed by atoms with Gasteiger partial charge in [0.1, 0.15) is 5.75 Å². The first-order valence-corrected chi connectivity index (χ1v) is 6.94. The zero-order valence-corrected chi connectivity index (χ0v) is 12.1. The lowest BCUT2D eigenvalue weighted by molar-refractivity contribution is -0.126. The standard InChI is InChI=1S/C13H14Cl2N2O3/c14-8-1-3-11(10(15)5-8)20-7-13(19)17-9-2-4-12(18)16-6-9/h1,3,5,9H,2,4,6-7H2,(H,16,18)(H,17,19). The molecule has 1 aliphatic rings. The number of ether oxygens (including phenoxy) is 1. The molecular weight excluding hydrogens is 303 g/mol. The van der Waals surface area contributed by atoms with Crippen LogP contribution in [0.1, 0.15) is 12.8 Å². The minimum Gasteiger partial charge on any atom is -0.482 e. The Kier molecular flexibility index (Phi) is 5.09. The van der Waals surface area contributed by atoms with Gasteiger partial charge in [0.25, 0.3) is 5.91 Å². The topological polar surface area (TPSA) is 67.4 Å². The summed E-state index contributed by atoms with van der Waals surface area (Å²) in [5, 5.41) is 6.35. The highest BCUT2D eigenvalue weighted by atomic mass is 35.5. The maximum atomic E-state index is 11.7. The van der Waals surface area contributed by atoms with Crippen LogP contribution in [0.25, 0.3) is 0 Å². The van der Waals surface area contributed by atoms with Gasteiger partial charge in [-0.25, -0.2) is 0 Å². The van der Waals surface area contributed by atoms with Gasteiger partial charge in [-0.1, -0.05) is 23.2 Å². The Bertz CT molecular complexity index is 512. The second-order valence-corrected chi connectivity index (χ2v) is 5.31. The fraction of sp³-hybridized carbons (Fsp3) is 0.385. The predicted octanol–water partition coefficient (Wildman–Crippen LogP) is 1.77.